The van der Waals surface area contributed by atoms with E-state index in [1.54, 1.807) is 7.11 Å². The number of rotatable bonds is 6. The van der Waals surface area contributed by atoms with Crippen LogP contribution in [0.5, 0.6) is 0 Å². The minimum atomic E-state index is -0.460. The molecule has 1 aromatic carbocycles. The maximum Gasteiger partial charge on any atom is 0.0860 e. The molecule has 3 nitrogen and oxygen atoms in total. The van der Waals surface area contributed by atoms with Crippen molar-refractivity contribution in [1.82, 2.24) is 0 Å². The SMILES string of the molecule is COCC(CO)(Nc1ccccc1Br)C(C)C. The Kier molecular flexibility index (Phi) is 5.43. The molecular weight excluding hydrogens is 282 g/mol. The van der Waals surface area contributed by atoms with E-state index in [-0.39, 0.29) is 12.5 Å². The molecule has 1 unspecified atom stereocenters. The van der Waals surface area contributed by atoms with Gasteiger partial charge in [0.15, 0.2) is 0 Å². The van der Waals surface area contributed by atoms with E-state index in [1.807, 2.05) is 24.3 Å². The van der Waals surface area contributed by atoms with Crippen molar-refractivity contribution in [3.63, 3.8) is 0 Å². The molecule has 0 fully saturated rings. The van der Waals surface area contributed by atoms with Gasteiger partial charge in [0.1, 0.15) is 0 Å². The summed E-state index contributed by atoms with van der Waals surface area (Å²) in [5, 5.41) is 13.1. The van der Waals surface area contributed by atoms with E-state index in [1.165, 1.54) is 0 Å². The second kappa shape index (κ2) is 6.38. The first kappa shape index (κ1) is 14.5. The minimum absolute atomic E-state index is 0.0276. The summed E-state index contributed by atoms with van der Waals surface area (Å²) in [5.41, 5.74) is 0.505. The lowest BCUT2D eigenvalue weighted by Gasteiger charge is -2.37. The van der Waals surface area contributed by atoms with Crippen LogP contribution in [0.3, 0.4) is 0 Å². The molecule has 17 heavy (non-hydrogen) atoms. The molecule has 2 N–H and O–H groups in total. The van der Waals surface area contributed by atoms with Crippen molar-refractivity contribution in [3.05, 3.63) is 28.7 Å². The van der Waals surface area contributed by atoms with Gasteiger partial charge in [0, 0.05) is 17.3 Å². The predicted molar refractivity (Wildman–Crippen MR) is 74.3 cm³/mol. The third-order valence-corrected chi connectivity index (χ3v) is 3.74. The van der Waals surface area contributed by atoms with E-state index in [9.17, 15) is 5.11 Å². The zero-order valence-electron chi connectivity index (χ0n) is 10.5. The quantitative estimate of drug-likeness (QED) is 0.849. The molecule has 0 aromatic heterocycles. The number of aliphatic hydroxyl groups excluding tert-OH is 1. The molecule has 1 rings (SSSR count). The van der Waals surface area contributed by atoms with Gasteiger partial charge in [-0.1, -0.05) is 26.0 Å². The van der Waals surface area contributed by atoms with Crippen LogP contribution in [0.4, 0.5) is 5.69 Å². The largest absolute Gasteiger partial charge is 0.394 e. The standard InChI is InChI=1S/C13H20BrNO2/c1-10(2)13(8-16,9-17-3)15-12-7-5-4-6-11(12)14/h4-7,10,15-16H,8-9H2,1-3H3. The van der Waals surface area contributed by atoms with E-state index in [4.69, 9.17) is 4.74 Å². The number of hydrogen-bond donors (Lipinski definition) is 2. The third kappa shape index (κ3) is 3.44. The van der Waals surface area contributed by atoms with Crippen molar-refractivity contribution in [1.29, 1.82) is 0 Å². The number of halogens is 1. The summed E-state index contributed by atoms with van der Waals surface area (Å²) in [6.45, 7) is 4.63. The molecule has 0 aliphatic heterocycles. The number of aliphatic hydroxyl groups is 1. The normalized spacial score (nSPS) is 14.7. The first-order valence-electron chi connectivity index (χ1n) is 5.68. The van der Waals surface area contributed by atoms with Crippen LogP contribution in [0.15, 0.2) is 28.7 Å². The van der Waals surface area contributed by atoms with E-state index < -0.39 is 5.54 Å². The highest BCUT2D eigenvalue weighted by Crippen LogP contribution is 2.28. The number of hydrogen-bond acceptors (Lipinski definition) is 3. The topological polar surface area (TPSA) is 41.5 Å². The lowest BCUT2D eigenvalue weighted by Crippen LogP contribution is -2.51. The fraction of sp³-hybridized carbons (Fsp3) is 0.538. The molecule has 0 amide bonds. The van der Waals surface area contributed by atoms with Gasteiger partial charge in [-0.3, -0.25) is 0 Å². The van der Waals surface area contributed by atoms with Gasteiger partial charge < -0.3 is 15.2 Å². The molecule has 0 saturated carbocycles. The Morgan fingerprint density at radius 2 is 2.06 bits per heavy atom. The number of ether oxygens (including phenoxy) is 1. The van der Waals surface area contributed by atoms with Gasteiger partial charge in [0.2, 0.25) is 0 Å². The lowest BCUT2D eigenvalue weighted by atomic mass is 9.87. The molecule has 0 aliphatic carbocycles. The summed E-state index contributed by atoms with van der Waals surface area (Å²) >= 11 is 3.49. The van der Waals surface area contributed by atoms with Crippen molar-refractivity contribution >= 4 is 21.6 Å². The summed E-state index contributed by atoms with van der Waals surface area (Å²) < 4.78 is 6.21. The number of benzene rings is 1. The van der Waals surface area contributed by atoms with Crippen LogP contribution in [-0.4, -0.2) is 31.0 Å². The molecule has 0 saturated heterocycles. The average molecular weight is 302 g/mol. The van der Waals surface area contributed by atoms with E-state index in [0.29, 0.717) is 6.61 Å². The number of methoxy groups -OCH3 is 1. The molecule has 96 valence electrons. The minimum Gasteiger partial charge on any atom is -0.394 e. The van der Waals surface area contributed by atoms with Crippen LogP contribution < -0.4 is 5.32 Å². The molecule has 0 heterocycles. The zero-order chi connectivity index (χ0) is 12.9. The maximum atomic E-state index is 9.67. The second-order valence-electron chi connectivity index (χ2n) is 4.51. The molecule has 1 atom stereocenters. The Hall–Kier alpha value is -0.580. The van der Waals surface area contributed by atoms with Crippen molar-refractivity contribution < 1.29 is 9.84 Å². The highest BCUT2D eigenvalue weighted by molar-refractivity contribution is 9.10. The third-order valence-electron chi connectivity index (χ3n) is 3.05. The number of para-hydroxylation sites is 1. The van der Waals surface area contributed by atoms with Gasteiger partial charge >= 0.3 is 0 Å². The number of anilines is 1. The first-order chi connectivity index (χ1) is 8.05. The Morgan fingerprint density at radius 1 is 1.41 bits per heavy atom. The first-order valence-corrected chi connectivity index (χ1v) is 6.47. The van der Waals surface area contributed by atoms with Gasteiger partial charge in [-0.15, -0.1) is 0 Å². The van der Waals surface area contributed by atoms with Crippen molar-refractivity contribution in [3.8, 4) is 0 Å². The fourth-order valence-electron chi connectivity index (χ4n) is 1.70. The lowest BCUT2D eigenvalue weighted by molar-refractivity contribution is 0.0724. The van der Waals surface area contributed by atoms with E-state index in [2.05, 4.69) is 35.1 Å². The molecule has 0 spiro atoms. The van der Waals surface area contributed by atoms with Crippen LogP contribution in [0.2, 0.25) is 0 Å². The Balaban J connectivity index is 2.97. The van der Waals surface area contributed by atoms with Crippen LogP contribution in [0, 0.1) is 5.92 Å². The average Bonchev–Trinajstić information content (AvgIpc) is 2.31. The van der Waals surface area contributed by atoms with E-state index in [0.717, 1.165) is 10.2 Å². The molecule has 0 radical (unpaired) electrons. The van der Waals surface area contributed by atoms with Crippen molar-refractivity contribution in [2.75, 3.05) is 25.6 Å². The van der Waals surface area contributed by atoms with Gasteiger partial charge in [0.25, 0.3) is 0 Å². The molecule has 4 heteroatoms. The molecular formula is C13H20BrNO2. The number of nitrogens with one attached hydrogen (secondary N) is 1. The summed E-state index contributed by atoms with van der Waals surface area (Å²) in [7, 11) is 1.65. The second-order valence-corrected chi connectivity index (χ2v) is 5.36. The zero-order valence-corrected chi connectivity index (χ0v) is 12.1. The summed E-state index contributed by atoms with van der Waals surface area (Å²) in [6.07, 6.45) is 0. The predicted octanol–water partition coefficient (Wildman–Crippen LogP) is 2.89. The molecule has 1 aromatic rings. The smallest absolute Gasteiger partial charge is 0.0860 e. The van der Waals surface area contributed by atoms with Gasteiger partial charge in [-0.2, -0.15) is 0 Å². The van der Waals surface area contributed by atoms with Gasteiger partial charge in [0.05, 0.1) is 18.8 Å². The van der Waals surface area contributed by atoms with Crippen LogP contribution in [0.1, 0.15) is 13.8 Å². The van der Waals surface area contributed by atoms with Crippen molar-refractivity contribution in [2.24, 2.45) is 5.92 Å². The van der Waals surface area contributed by atoms with Crippen LogP contribution in [0.25, 0.3) is 0 Å². The summed E-state index contributed by atoms with van der Waals surface area (Å²) in [6, 6.07) is 7.87. The molecule has 0 aliphatic rings. The highest BCUT2D eigenvalue weighted by Gasteiger charge is 2.33. The van der Waals surface area contributed by atoms with Crippen molar-refractivity contribution in [2.45, 2.75) is 19.4 Å². The summed E-state index contributed by atoms with van der Waals surface area (Å²) in [5.74, 6) is 0.250. The van der Waals surface area contributed by atoms with Crippen LogP contribution >= 0.6 is 15.9 Å². The molecule has 0 bridgehead atoms. The Morgan fingerprint density at radius 3 is 2.53 bits per heavy atom. The van der Waals surface area contributed by atoms with Gasteiger partial charge in [-0.25, -0.2) is 0 Å². The Labute approximate surface area is 111 Å². The van der Waals surface area contributed by atoms with E-state index >= 15 is 0 Å². The maximum absolute atomic E-state index is 9.67. The monoisotopic (exact) mass is 301 g/mol. The highest BCUT2D eigenvalue weighted by atomic mass is 79.9. The summed E-state index contributed by atoms with van der Waals surface area (Å²) in [4.78, 5) is 0. The van der Waals surface area contributed by atoms with Crippen LogP contribution in [-0.2, 0) is 4.74 Å². The fourth-order valence-corrected chi connectivity index (χ4v) is 2.09. The van der Waals surface area contributed by atoms with Gasteiger partial charge in [-0.05, 0) is 34.0 Å². The Bertz CT molecular complexity index is 357.